The maximum Gasteiger partial charge on any atom is 0.257 e. The highest BCUT2D eigenvalue weighted by Crippen LogP contribution is 2.39. The molecule has 0 bridgehead atoms. The number of fused-ring (bicyclic) bond motifs is 1. The van der Waals surface area contributed by atoms with Gasteiger partial charge < -0.3 is 20.4 Å². The summed E-state index contributed by atoms with van der Waals surface area (Å²) in [6.07, 6.45) is 0.996. The van der Waals surface area contributed by atoms with Crippen LogP contribution >= 0.6 is 15.9 Å². The first-order chi connectivity index (χ1) is 9.58. The Bertz CT molecular complexity index is 507. The Kier molecular flexibility index (Phi) is 5.01. The molecule has 0 aromatic heterocycles. The molecule has 1 aromatic carbocycles. The van der Waals surface area contributed by atoms with Gasteiger partial charge in [0.2, 0.25) is 0 Å². The van der Waals surface area contributed by atoms with Crippen molar-refractivity contribution in [2.75, 3.05) is 29.9 Å². The van der Waals surface area contributed by atoms with Crippen molar-refractivity contribution in [3.8, 4) is 0 Å². The molecule has 110 valence electrons. The summed E-state index contributed by atoms with van der Waals surface area (Å²) in [5.41, 5.74) is 2.14. The molecule has 3 N–H and O–H groups in total. The predicted molar refractivity (Wildman–Crippen MR) is 81.9 cm³/mol. The van der Waals surface area contributed by atoms with Crippen molar-refractivity contribution in [3.63, 3.8) is 0 Å². The molecule has 2 rings (SSSR count). The van der Waals surface area contributed by atoms with Crippen molar-refractivity contribution in [3.05, 3.63) is 22.2 Å². The molecule has 1 aromatic rings. The molecule has 1 unspecified atom stereocenters. The number of halogens is 1. The second kappa shape index (κ2) is 6.56. The second-order valence-electron chi connectivity index (χ2n) is 4.85. The Morgan fingerprint density at radius 2 is 2.15 bits per heavy atom. The maximum absolute atomic E-state index is 11.5. The van der Waals surface area contributed by atoms with Crippen molar-refractivity contribution in [2.24, 2.45) is 0 Å². The van der Waals surface area contributed by atoms with E-state index in [0.29, 0.717) is 17.8 Å². The van der Waals surface area contributed by atoms with Crippen LogP contribution in [0.25, 0.3) is 0 Å². The molecule has 0 saturated heterocycles. The van der Waals surface area contributed by atoms with Gasteiger partial charge >= 0.3 is 0 Å². The minimum absolute atomic E-state index is 0.0716. The van der Waals surface area contributed by atoms with Crippen molar-refractivity contribution in [1.29, 1.82) is 0 Å². The molecule has 0 aliphatic carbocycles. The summed E-state index contributed by atoms with van der Waals surface area (Å²) in [6.45, 7) is 3.56. The van der Waals surface area contributed by atoms with Crippen LogP contribution in [0.3, 0.4) is 0 Å². The van der Waals surface area contributed by atoms with E-state index in [4.69, 9.17) is 0 Å². The van der Waals surface area contributed by atoms with Gasteiger partial charge in [0, 0.05) is 28.8 Å². The van der Waals surface area contributed by atoms with Crippen molar-refractivity contribution in [2.45, 2.75) is 25.9 Å². The van der Waals surface area contributed by atoms with E-state index in [9.17, 15) is 15.0 Å². The lowest BCUT2D eigenvalue weighted by Gasteiger charge is -2.25. The van der Waals surface area contributed by atoms with Crippen LogP contribution in [-0.4, -0.2) is 35.8 Å². The average Bonchev–Trinajstić information content (AvgIpc) is 2.70. The number of unbranched alkanes of at least 4 members (excludes halogenated alkanes) is 1. The van der Waals surface area contributed by atoms with Gasteiger partial charge in [-0.25, -0.2) is 0 Å². The van der Waals surface area contributed by atoms with E-state index in [1.54, 1.807) is 6.07 Å². The third-order valence-corrected chi connectivity index (χ3v) is 4.05. The van der Waals surface area contributed by atoms with E-state index in [1.807, 2.05) is 6.07 Å². The first-order valence-corrected chi connectivity index (χ1v) is 7.56. The van der Waals surface area contributed by atoms with Gasteiger partial charge in [-0.1, -0.05) is 13.3 Å². The van der Waals surface area contributed by atoms with Gasteiger partial charge in [-0.15, -0.1) is 0 Å². The number of rotatable bonds is 6. The molecule has 1 aliphatic rings. The largest absolute Gasteiger partial charge is 0.395 e. The monoisotopic (exact) mass is 342 g/mol. The number of hydrogen-bond acceptors (Lipinski definition) is 4. The SMILES string of the molecule is CCCCN(CCO)c1cc2c(cc1Br)C(O)C(=O)N2. The zero-order valence-electron chi connectivity index (χ0n) is 11.4. The number of aliphatic hydroxyl groups is 2. The summed E-state index contributed by atoms with van der Waals surface area (Å²) in [7, 11) is 0. The van der Waals surface area contributed by atoms with Crippen LogP contribution in [0.2, 0.25) is 0 Å². The van der Waals surface area contributed by atoms with Gasteiger partial charge in [-0.3, -0.25) is 4.79 Å². The number of hydrogen-bond donors (Lipinski definition) is 3. The van der Waals surface area contributed by atoms with Crippen LogP contribution in [0, 0.1) is 0 Å². The molecule has 1 heterocycles. The summed E-state index contributed by atoms with van der Waals surface area (Å²) < 4.78 is 0.816. The van der Waals surface area contributed by atoms with Crippen LogP contribution in [-0.2, 0) is 4.79 Å². The van der Waals surface area contributed by atoms with Crippen LogP contribution in [0.15, 0.2) is 16.6 Å². The van der Waals surface area contributed by atoms with Gasteiger partial charge in [-0.2, -0.15) is 0 Å². The van der Waals surface area contributed by atoms with E-state index >= 15 is 0 Å². The summed E-state index contributed by atoms with van der Waals surface area (Å²) >= 11 is 3.49. The summed E-state index contributed by atoms with van der Waals surface area (Å²) in [4.78, 5) is 13.6. The number of carbonyl (C=O) groups is 1. The van der Waals surface area contributed by atoms with Crippen LogP contribution in [0.4, 0.5) is 11.4 Å². The lowest BCUT2D eigenvalue weighted by atomic mass is 10.1. The Labute approximate surface area is 126 Å². The molecule has 0 fully saturated rings. The van der Waals surface area contributed by atoms with E-state index in [1.165, 1.54) is 0 Å². The van der Waals surface area contributed by atoms with E-state index in [2.05, 4.69) is 33.1 Å². The van der Waals surface area contributed by atoms with E-state index in [-0.39, 0.29) is 6.61 Å². The molecular weight excluding hydrogens is 324 g/mol. The number of nitrogens with zero attached hydrogens (tertiary/aromatic N) is 1. The Hall–Kier alpha value is -1.11. The number of nitrogens with one attached hydrogen (secondary N) is 1. The fourth-order valence-corrected chi connectivity index (χ4v) is 2.93. The summed E-state index contributed by atoms with van der Waals surface area (Å²) in [5.74, 6) is -0.397. The normalized spacial score (nSPS) is 17.0. The molecule has 1 aliphatic heterocycles. The number of amides is 1. The average molecular weight is 343 g/mol. The van der Waals surface area contributed by atoms with Gasteiger partial charge in [-0.05, 0) is 34.5 Å². The van der Waals surface area contributed by atoms with Crippen LogP contribution in [0.1, 0.15) is 31.4 Å². The third-order valence-electron chi connectivity index (χ3n) is 3.41. The molecule has 0 saturated carbocycles. The quantitative estimate of drug-likeness (QED) is 0.739. The maximum atomic E-state index is 11.5. The first kappa shape index (κ1) is 15.3. The van der Waals surface area contributed by atoms with Crippen LogP contribution in [0.5, 0.6) is 0 Å². The molecule has 1 amide bonds. The van der Waals surface area contributed by atoms with Crippen molar-refractivity contribution >= 4 is 33.2 Å². The number of benzene rings is 1. The third kappa shape index (κ3) is 2.97. The summed E-state index contributed by atoms with van der Waals surface area (Å²) in [5, 5.41) is 21.6. The molecule has 5 nitrogen and oxygen atoms in total. The standard InChI is InChI=1S/C14H19BrN2O3/c1-2-3-4-17(5-6-18)12-8-11-9(7-10(12)15)13(19)14(20)16-11/h7-8,13,18-19H,2-6H2,1H3,(H,16,20). The van der Waals surface area contributed by atoms with Gasteiger partial charge in [0.15, 0.2) is 6.10 Å². The highest BCUT2D eigenvalue weighted by molar-refractivity contribution is 9.10. The topological polar surface area (TPSA) is 72.8 Å². The molecular formula is C14H19BrN2O3. The minimum Gasteiger partial charge on any atom is -0.395 e. The summed E-state index contributed by atoms with van der Waals surface area (Å²) in [6, 6.07) is 3.61. The van der Waals surface area contributed by atoms with Crippen LogP contribution < -0.4 is 10.2 Å². The van der Waals surface area contributed by atoms with E-state index < -0.39 is 12.0 Å². The highest BCUT2D eigenvalue weighted by atomic mass is 79.9. The zero-order chi connectivity index (χ0) is 14.7. The number of aliphatic hydroxyl groups excluding tert-OH is 2. The zero-order valence-corrected chi connectivity index (χ0v) is 13.0. The fourth-order valence-electron chi connectivity index (χ4n) is 2.32. The van der Waals surface area contributed by atoms with Gasteiger partial charge in [0.1, 0.15) is 0 Å². The minimum atomic E-state index is -1.10. The second-order valence-corrected chi connectivity index (χ2v) is 5.70. The van der Waals surface area contributed by atoms with E-state index in [0.717, 1.165) is 29.5 Å². The lowest BCUT2D eigenvalue weighted by Crippen LogP contribution is -2.28. The lowest BCUT2D eigenvalue weighted by molar-refractivity contribution is -0.123. The highest BCUT2D eigenvalue weighted by Gasteiger charge is 2.30. The van der Waals surface area contributed by atoms with Gasteiger partial charge in [0.05, 0.1) is 12.3 Å². The first-order valence-electron chi connectivity index (χ1n) is 6.76. The Morgan fingerprint density at radius 1 is 1.40 bits per heavy atom. The molecule has 6 heteroatoms. The Balaban J connectivity index is 2.32. The predicted octanol–water partition coefficient (Wildman–Crippen LogP) is 2.03. The molecule has 1 atom stereocenters. The number of anilines is 2. The fraction of sp³-hybridized carbons (Fsp3) is 0.500. The Morgan fingerprint density at radius 3 is 2.80 bits per heavy atom. The number of carbonyl (C=O) groups excluding carboxylic acids is 1. The van der Waals surface area contributed by atoms with Crippen molar-refractivity contribution < 1.29 is 15.0 Å². The molecule has 0 radical (unpaired) electrons. The van der Waals surface area contributed by atoms with Gasteiger partial charge in [0.25, 0.3) is 5.91 Å². The smallest absolute Gasteiger partial charge is 0.257 e. The van der Waals surface area contributed by atoms with Crippen molar-refractivity contribution in [1.82, 2.24) is 0 Å². The molecule has 0 spiro atoms. The molecule has 20 heavy (non-hydrogen) atoms.